The number of hydrogen-bond donors (Lipinski definition) is 2. The van der Waals surface area contributed by atoms with E-state index in [9.17, 15) is 14.9 Å². The first-order valence-corrected chi connectivity index (χ1v) is 8.13. The Balaban J connectivity index is 1.88. The van der Waals surface area contributed by atoms with Crippen LogP contribution < -0.4 is 5.32 Å². The van der Waals surface area contributed by atoms with Crippen molar-refractivity contribution in [2.45, 2.75) is 38.5 Å². The third kappa shape index (κ3) is 3.06. The fourth-order valence-electron chi connectivity index (χ4n) is 3.61. The van der Waals surface area contributed by atoms with Gasteiger partial charge in [0.15, 0.2) is 0 Å². The lowest BCUT2D eigenvalue weighted by Crippen LogP contribution is -2.33. The van der Waals surface area contributed by atoms with E-state index in [0.717, 1.165) is 42.1 Å². The van der Waals surface area contributed by atoms with E-state index in [-0.39, 0.29) is 28.4 Å². The summed E-state index contributed by atoms with van der Waals surface area (Å²) >= 11 is 0. The molecule has 6 nitrogen and oxygen atoms in total. The number of aromatic amines is 1. The van der Waals surface area contributed by atoms with Crippen LogP contribution in [0.2, 0.25) is 0 Å². The third-order valence-corrected chi connectivity index (χ3v) is 4.74. The summed E-state index contributed by atoms with van der Waals surface area (Å²) in [7, 11) is 0. The highest BCUT2D eigenvalue weighted by molar-refractivity contribution is 5.86. The highest BCUT2D eigenvalue weighted by Crippen LogP contribution is 2.39. The first-order valence-electron chi connectivity index (χ1n) is 8.13. The van der Waals surface area contributed by atoms with E-state index in [1.54, 1.807) is 12.1 Å². The van der Waals surface area contributed by atoms with E-state index in [0.29, 0.717) is 6.54 Å². The van der Waals surface area contributed by atoms with Gasteiger partial charge in [0.05, 0.1) is 4.92 Å². The van der Waals surface area contributed by atoms with Crippen LogP contribution in [0.4, 0.5) is 5.69 Å². The van der Waals surface area contributed by atoms with Gasteiger partial charge in [-0.25, -0.2) is 0 Å². The first-order chi connectivity index (χ1) is 11.1. The van der Waals surface area contributed by atoms with Crippen molar-refractivity contribution in [1.29, 1.82) is 0 Å². The average Bonchev–Trinajstić information content (AvgIpc) is 2.98. The number of H-pyrrole nitrogens is 1. The van der Waals surface area contributed by atoms with Gasteiger partial charge in [0.25, 0.3) is 5.69 Å². The molecule has 0 bridgehead atoms. The molecule has 0 spiro atoms. The highest BCUT2D eigenvalue weighted by atomic mass is 16.6. The quantitative estimate of drug-likeness (QED) is 0.668. The maximum absolute atomic E-state index is 12.1. The van der Waals surface area contributed by atoms with Crippen molar-refractivity contribution in [2.75, 3.05) is 6.54 Å². The Kier molecular flexibility index (Phi) is 4.32. The second-order valence-corrected chi connectivity index (χ2v) is 6.19. The molecule has 23 heavy (non-hydrogen) atoms. The summed E-state index contributed by atoms with van der Waals surface area (Å²) in [6.45, 7) is 2.58. The van der Waals surface area contributed by atoms with E-state index in [1.807, 2.05) is 13.1 Å². The Morgan fingerprint density at radius 2 is 2.26 bits per heavy atom. The minimum absolute atomic E-state index is 0.0392. The maximum atomic E-state index is 12.1. The van der Waals surface area contributed by atoms with E-state index in [1.165, 1.54) is 6.07 Å². The van der Waals surface area contributed by atoms with Crippen LogP contribution in [0.1, 0.15) is 44.1 Å². The van der Waals surface area contributed by atoms with Gasteiger partial charge in [0, 0.05) is 41.7 Å². The van der Waals surface area contributed by atoms with Crippen molar-refractivity contribution in [3.05, 3.63) is 40.1 Å². The summed E-state index contributed by atoms with van der Waals surface area (Å²) in [5, 5.41) is 14.8. The maximum Gasteiger partial charge on any atom is 0.270 e. The van der Waals surface area contributed by atoms with Crippen molar-refractivity contribution >= 4 is 22.5 Å². The predicted molar refractivity (Wildman–Crippen MR) is 88.3 cm³/mol. The molecule has 1 aliphatic rings. The number of carbonyl (C=O) groups excluding carboxylic acids is 1. The zero-order valence-corrected chi connectivity index (χ0v) is 13.2. The van der Waals surface area contributed by atoms with Crippen LogP contribution in [0.15, 0.2) is 24.4 Å². The molecule has 3 rings (SSSR count). The standard InChI is InChI=1S/C17H21N3O3/c1-2-18-17(21)12-5-3-4-11(8-12)15-10-19-16-7-6-13(20(22)23)9-14(15)16/h6-7,9-12,19H,2-5,8H2,1H3,(H,18,21). The smallest absolute Gasteiger partial charge is 0.270 e. The Morgan fingerprint density at radius 3 is 3.00 bits per heavy atom. The van der Waals surface area contributed by atoms with E-state index in [4.69, 9.17) is 0 Å². The van der Waals surface area contributed by atoms with Crippen LogP contribution in [0.25, 0.3) is 10.9 Å². The minimum Gasteiger partial charge on any atom is -0.361 e. The van der Waals surface area contributed by atoms with Crippen LogP contribution >= 0.6 is 0 Å². The molecule has 2 unspecified atom stereocenters. The molecule has 0 aliphatic heterocycles. The Morgan fingerprint density at radius 1 is 1.43 bits per heavy atom. The van der Waals surface area contributed by atoms with Crippen molar-refractivity contribution < 1.29 is 9.72 Å². The van der Waals surface area contributed by atoms with Gasteiger partial charge in [-0.1, -0.05) is 6.42 Å². The molecule has 1 heterocycles. The number of fused-ring (bicyclic) bond motifs is 1. The summed E-state index contributed by atoms with van der Waals surface area (Å²) in [5.74, 6) is 0.437. The molecule has 1 aromatic carbocycles. The molecule has 1 aromatic heterocycles. The second kappa shape index (κ2) is 6.40. The first kappa shape index (κ1) is 15.5. The third-order valence-electron chi connectivity index (χ3n) is 4.74. The van der Waals surface area contributed by atoms with E-state index in [2.05, 4.69) is 10.3 Å². The predicted octanol–water partition coefficient (Wildman–Crippen LogP) is 3.49. The molecule has 2 aromatic rings. The normalized spacial score (nSPS) is 21.3. The second-order valence-electron chi connectivity index (χ2n) is 6.19. The van der Waals surface area contributed by atoms with Gasteiger partial charge in [0.2, 0.25) is 5.91 Å². The Labute approximate surface area is 134 Å². The number of nitrogens with zero attached hydrogens (tertiary/aromatic N) is 1. The lowest BCUT2D eigenvalue weighted by atomic mass is 9.77. The Bertz CT molecular complexity index is 738. The van der Waals surface area contributed by atoms with Crippen molar-refractivity contribution in [1.82, 2.24) is 10.3 Å². The molecular weight excluding hydrogens is 294 g/mol. The molecule has 2 atom stereocenters. The van der Waals surface area contributed by atoms with Gasteiger partial charge in [-0.05, 0) is 43.7 Å². The Hall–Kier alpha value is -2.37. The molecule has 122 valence electrons. The van der Waals surface area contributed by atoms with Gasteiger partial charge in [0.1, 0.15) is 0 Å². The number of amides is 1. The monoisotopic (exact) mass is 315 g/mol. The number of nitro groups is 1. The fourth-order valence-corrected chi connectivity index (χ4v) is 3.61. The van der Waals surface area contributed by atoms with Gasteiger partial charge in [-0.3, -0.25) is 14.9 Å². The molecule has 2 N–H and O–H groups in total. The number of rotatable bonds is 4. The van der Waals surface area contributed by atoms with Crippen LogP contribution in [0, 0.1) is 16.0 Å². The SMILES string of the molecule is CCNC(=O)C1CCCC(c2c[nH]c3ccc([N+](=O)[O-])cc23)C1. The number of non-ortho nitro benzene ring substituents is 1. The highest BCUT2D eigenvalue weighted by Gasteiger charge is 2.29. The van der Waals surface area contributed by atoms with E-state index >= 15 is 0 Å². The number of nitrogens with one attached hydrogen (secondary N) is 2. The lowest BCUT2D eigenvalue weighted by Gasteiger charge is -2.28. The molecular formula is C17H21N3O3. The van der Waals surface area contributed by atoms with Gasteiger partial charge in [-0.15, -0.1) is 0 Å². The van der Waals surface area contributed by atoms with Crippen molar-refractivity contribution in [2.24, 2.45) is 5.92 Å². The van der Waals surface area contributed by atoms with Crippen molar-refractivity contribution in [3.63, 3.8) is 0 Å². The summed E-state index contributed by atoms with van der Waals surface area (Å²) in [6.07, 6.45) is 5.70. The number of hydrogen-bond acceptors (Lipinski definition) is 3. The molecule has 1 amide bonds. The van der Waals surface area contributed by atoms with Gasteiger partial charge >= 0.3 is 0 Å². The minimum atomic E-state index is -0.366. The molecule has 1 saturated carbocycles. The van der Waals surface area contributed by atoms with Gasteiger partial charge in [-0.2, -0.15) is 0 Å². The van der Waals surface area contributed by atoms with Crippen molar-refractivity contribution in [3.8, 4) is 0 Å². The largest absolute Gasteiger partial charge is 0.361 e. The summed E-state index contributed by atoms with van der Waals surface area (Å²) in [6, 6.07) is 4.90. The topological polar surface area (TPSA) is 88.0 Å². The summed E-state index contributed by atoms with van der Waals surface area (Å²) in [5.41, 5.74) is 2.11. The summed E-state index contributed by atoms with van der Waals surface area (Å²) < 4.78 is 0. The molecule has 6 heteroatoms. The molecule has 1 fully saturated rings. The van der Waals surface area contributed by atoms with Crippen LogP contribution in [0.3, 0.4) is 0 Å². The molecule has 0 radical (unpaired) electrons. The van der Waals surface area contributed by atoms with E-state index < -0.39 is 0 Å². The van der Waals surface area contributed by atoms with Crippen LogP contribution in [-0.2, 0) is 4.79 Å². The number of nitro benzene ring substituents is 1. The summed E-state index contributed by atoms with van der Waals surface area (Å²) in [4.78, 5) is 26.0. The number of benzene rings is 1. The average molecular weight is 315 g/mol. The van der Waals surface area contributed by atoms with Gasteiger partial charge < -0.3 is 10.3 Å². The molecule has 1 aliphatic carbocycles. The zero-order valence-electron chi connectivity index (χ0n) is 13.2. The number of carbonyl (C=O) groups is 1. The zero-order chi connectivity index (χ0) is 16.4. The number of aromatic nitrogens is 1. The molecule has 0 saturated heterocycles. The van der Waals surface area contributed by atoms with Crippen LogP contribution in [-0.4, -0.2) is 22.4 Å². The fraction of sp³-hybridized carbons (Fsp3) is 0.471. The van der Waals surface area contributed by atoms with Crippen LogP contribution in [0.5, 0.6) is 0 Å². The lowest BCUT2D eigenvalue weighted by molar-refractivity contribution is -0.384.